The van der Waals surface area contributed by atoms with Crippen molar-refractivity contribution in [1.29, 1.82) is 0 Å². The molecule has 1 aliphatic rings. The number of hydrogen-bond donors (Lipinski definition) is 1. The van der Waals surface area contributed by atoms with Crippen LogP contribution in [0.5, 0.6) is 0 Å². The number of nitrogens with zero attached hydrogens (tertiary/aromatic N) is 3. The molecule has 3 aromatic rings. The third kappa shape index (κ3) is 3.26. The summed E-state index contributed by atoms with van der Waals surface area (Å²) in [4.78, 5) is 13.2. The molecule has 0 saturated heterocycles. The zero-order valence-corrected chi connectivity index (χ0v) is 16.8. The molecular formula is C18H14BrClN4OS. The number of rotatable bonds is 3. The number of carbonyl (C=O) groups is 1. The van der Waals surface area contributed by atoms with Crippen molar-refractivity contribution in [2.24, 2.45) is 0 Å². The molecule has 0 amide bonds. The van der Waals surface area contributed by atoms with Crippen LogP contribution in [0.15, 0.2) is 58.2 Å². The number of aromatic nitrogens is 3. The van der Waals surface area contributed by atoms with Gasteiger partial charge in [0.15, 0.2) is 5.78 Å². The Morgan fingerprint density at radius 1 is 1.15 bits per heavy atom. The van der Waals surface area contributed by atoms with E-state index in [0.29, 0.717) is 15.7 Å². The molecule has 0 spiro atoms. The Labute approximate surface area is 168 Å². The minimum absolute atomic E-state index is 0.0434. The molecule has 1 aliphatic heterocycles. The van der Waals surface area contributed by atoms with Crippen molar-refractivity contribution in [3.8, 4) is 0 Å². The molecule has 0 fully saturated rings. The van der Waals surface area contributed by atoms with Crippen molar-refractivity contribution in [2.45, 2.75) is 23.4 Å². The number of benzene rings is 2. The number of ketones is 1. The molecule has 2 atom stereocenters. The normalized spacial score (nSPS) is 18.9. The van der Waals surface area contributed by atoms with Crippen molar-refractivity contribution in [1.82, 2.24) is 14.9 Å². The van der Waals surface area contributed by atoms with Crippen LogP contribution in [0.4, 0.5) is 0 Å². The van der Waals surface area contributed by atoms with E-state index in [0.717, 1.165) is 15.9 Å². The summed E-state index contributed by atoms with van der Waals surface area (Å²) >= 11 is 10.9. The number of carbonyl (C=O) groups excluding carboxylic acids is 1. The summed E-state index contributed by atoms with van der Waals surface area (Å²) in [6.07, 6.45) is 0. The molecule has 2 heterocycles. The van der Waals surface area contributed by atoms with E-state index in [1.807, 2.05) is 60.1 Å². The van der Waals surface area contributed by atoms with E-state index in [4.69, 9.17) is 11.6 Å². The van der Waals surface area contributed by atoms with Crippen LogP contribution in [0.25, 0.3) is 0 Å². The fraction of sp³-hybridized carbons (Fsp3) is 0.167. The van der Waals surface area contributed by atoms with Gasteiger partial charge in [-0.25, -0.2) is 4.68 Å². The molecule has 26 heavy (non-hydrogen) atoms. The second kappa shape index (κ2) is 7.06. The molecule has 0 bridgehead atoms. The van der Waals surface area contributed by atoms with Crippen LogP contribution >= 0.6 is 39.3 Å². The van der Waals surface area contributed by atoms with Gasteiger partial charge in [-0.3, -0.25) is 4.79 Å². The van der Waals surface area contributed by atoms with E-state index >= 15 is 0 Å². The van der Waals surface area contributed by atoms with Crippen LogP contribution in [0.2, 0.25) is 5.02 Å². The Morgan fingerprint density at radius 2 is 1.85 bits per heavy atom. The van der Waals surface area contributed by atoms with Crippen molar-refractivity contribution in [3.05, 3.63) is 75.0 Å². The largest absolute Gasteiger partial charge is 0.313 e. The highest BCUT2D eigenvalue weighted by atomic mass is 79.9. The van der Waals surface area contributed by atoms with E-state index in [2.05, 4.69) is 31.6 Å². The topological polar surface area (TPSA) is 59.8 Å². The molecule has 8 heteroatoms. The smallest absolute Gasteiger partial charge is 0.210 e. The lowest BCUT2D eigenvalue weighted by atomic mass is 9.97. The predicted octanol–water partition coefficient (Wildman–Crippen LogP) is 4.64. The summed E-state index contributed by atoms with van der Waals surface area (Å²) in [5.74, 6) is 0.794. The number of nitrogens with one attached hydrogen (secondary N) is 1. The molecule has 2 aromatic carbocycles. The van der Waals surface area contributed by atoms with Crippen LogP contribution in [0.1, 0.15) is 27.8 Å². The molecule has 5 nitrogen and oxygen atoms in total. The van der Waals surface area contributed by atoms with Gasteiger partial charge in [-0.15, -0.1) is 10.2 Å². The number of thioether (sulfide) groups is 1. The van der Waals surface area contributed by atoms with Gasteiger partial charge in [0, 0.05) is 15.1 Å². The Kier molecular flexibility index (Phi) is 4.77. The van der Waals surface area contributed by atoms with Crippen LogP contribution < -0.4 is 5.43 Å². The quantitative estimate of drug-likeness (QED) is 0.590. The second-order valence-corrected chi connectivity index (χ2v) is 8.39. The lowest BCUT2D eigenvalue weighted by Gasteiger charge is -2.32. The molecule has 4 rings (SSSR count). The molecule has 1 N–H and O–H groups in total. The molecule has 0 saturated carbocycles. The first-order valence-corrected chi connectivity index (χ1v) is 9.98. The van der Waals surface area contributed by atoms with Gasteiger partial charge >= 0.3 is 0 Å². The monoisotopic (exact) mass is 448 g/mol. The number of fused-ring (bicyclic) bond motifs is 1. The van der Waals surface area contributed by atoms with Crippen LogP contribution in [0, 0.1) is 6.92 Å². The summed E-state index contributed by atoms with van der Waals surface area (Å²) in [5, 5.41) is 9.26. The second-order valence-electron chi connectivity index (χ2n) is 5.93. The van der Waals surface area contributed by atoms with Crippen LogP contribution in [-0.2, 0) is 0 Å². The maximum Gasteiger partial charge on any atom is 0.210 e. The predicted molar refractivity (Wildman–Crippen MR) is 106 cm³/mol. The Balaban J connectivity index is 1.74. The Hall–Kier alpha value is -1.83. The highest BCUT2D eigenvalue weighted by molar-refractivity contribution is 9.10. The summed E-state index contributed by atoms with van der Waals surface area (Å²) in [6.45, 7) is 1.87. The van der Waals surface area contributed by atoms with Crippen molar-refractivity contribution < 1.29 is 4.79 Å². The van der Waals surface area contributed by atoms with Gasteiger partial charge in [0.05, 0.1) is 6.04 Å². The summed E-state index contributed by atoms with van der Waals surface area (Å²) in [6, 6.07) is 14.7. The van der Waals surface area contributed by atoms with E-state index in [-0.39, 0.29) is 17.1 Å². The molecule has 1 aromatic heterocycles. The molecule has 0 radical (unpaired) electrons. The first kappa shape index (κ1) is 17.6. The van der Waals surface area contributed by atoms with Gasteiger partial charge < -0.3 is 5.43 Å². The minimum atomic E-state index is -0.367. The fourth-order valence-electron chi connectivity index (χ4n) is 2.86. The lowest BCUT2D eigenvalue weighted by molar-refractivity contribution is 0.0980. The highest BCUT2D eigenvalue weighted by Gasteiger charge is 2.37. The number of halogens is 2. The van der Waals surface area contributed by atoms with E-state index in [1.54, 1.807) is 0 Å². The number of Topliss-reactive ketones (excluding diaryl/α,β-unsaturated/α-hetero) is 1. The van der Waals surface area contributed by atoms with Crippen molar-refractivity contribution in [3.63, 3.8) is 0 Å². The van der Waals surface area contributed by atoms with Crippen LogP contribution in [-0.4, -0.2) is 25.9 Å². The van der Waals surface area contributed by atoms with E-state index < -0.39 is 0 Å². The third-order valence-corrected chi connectivity index (χ3v) is 6.21. The van der Waals surface area contributed by atoms with Crippen molar-refractivity contribution in [2.75, 3.05) is 5.43 Å². The Morgan fingerprint density at radius 3 is 2.54 bits per heavy atom. The zero-order chi connectivity index (χ0) is 18.3. The van der Waals surface area contributed by atoms with E-state index in [9.17, 15) is 4.79 Å². The molecule has 0 aliphatic carbocycles. The SMILES string of the molecule is Cc1nnc2n1NC(c1ccc(Cl)cc1)C(C(=O)c1ccc(Br)cc1)S2. The highest BCUT2D eigenvalue weighted by Crippen LogP contribution is 2.38. The minimum Gasteiger partial charge on any atom is -0.313 e. The first-order valence-electron chi connectivity index (χ1n) is 7.93. The maximum atomic E-state index is 13.2. The van der Waals surface area contributed by atoms with Gasteiger partial charge in [0.2, 0.25) is 5.16 Å². The molecule has 2 unspecified atom stereocenters. The Bertz CT molecular complexity index is 958. The zero-order valence-electron chi connectivity index (χ0n) is 13.7. The number of hydrogen-bond acceptors (Lipinski definition) is 5. The van der Waals surface area contributed by atoms with E-state index in [1.165, 1.54) is 11.8 Å². The average molecular weight is 450 g/mol. The standard InChI is InChI=1S/C18H14BrClN4OS/c1-10-21-22-18-24(10)23-15(11-4-8-14(20)9-5-11)17(26-18)16(25)12-2-6-13(19)7-3-12/h2-9,15,17,23H,1H3. The van der Waals surface area contributed by atoms with Gasteiger partial charge in [-0.1, -0.05) is 63.6 Å². The molecule has 132 valence electrons. The van der Waals surface area contributed by atoms with Gasteiger partial charge in [0.1, 0.15) is 11.1 Å². The van der Waals surface area contributed by atoms with Gasteiger partial charge in [-0.05, 0) is 36.8 Å². The van der Waals surface area contributed by atoms with Crippen molar-refractivity contribution >= 4 is 45.1 Å². The fourth-order valence-corrected chi connectivity index (χ4v) is 4.45. The lowest BCUT2D eigenvalue weighted by Crippen LogP contribution is -2.39. The van der Waals surface area contributed by atoms with Crippen LogP contribution in [0.3, 0.4) is 0 Å². The summed E-state index contributed by atoms with van der Waals surface area (Å²) < 4.78 is 2.77. The number of aryl methyl sites for hydroxylation is 1. The summed E-state index contributed by atoms with van der Waals surface area (Å²) in [5.41, 5.74) is 5.04. The third-order valence-electron chi connectivity index (χ3n) is 4.21. The average Bonchev–Trinajstić information content (AvgIpc) is 3.02. The maximum absolute atomic E-state index is 13.2. The summed E-state index contributed by atoms with van der Waals surface area (Å²) in [7, 11) is 0. The first-order chi connectivity index (χ1) is 12.5. The molecular weight excluding hydrogens is 436 g/mol. The van der Waals surface area contributed by atoms with Gasteiger partial charge in [0.25, 0.3) is 0 Å². The van der Waals surface area contributed by atoms with Gasteiger partial charge in [-0.2, -0.15) is 0 Å².